The number of hydrogen-bond donors (Lipinski definition) is 1. The minimum atomic E-state index is 0.464. The Morgan fingerprint density at radius 3 is 2.60 bits per heavy atom. The molecule has 0 unspecified atom stereocenters. The van der Waals surface area contributed by atoms with Crippen molar-refractivity contribution >= 4 is 21.7 Å². The van der Waals surface area contributed by atoms with Crippen LogP contribution in [0.25, 0.3) is 0 Å². The minimum Gasteiger partial charge on any atom is -0.374 e. The first-order valence-corrected chi connectivity index (χ1v) is 5.83. The Balaban J connectivity index is 2.98. The summed E-state index contributed by atoms with van der Waals surface area (Å²) in [5.41, 5.74) is 1.00. The van der Waals surface area contributed by atoms with Crippen LogP contribution in [0.1, 0.15) is 25.4 Å². The second-order valence-electron chi connectivity index (χ2n) is 2.99. The van der Waals surface area contributed by atoms with Crippen molar-refractivity contribution in [2.24, 2.45) is 0 Å². The van der Waals surface area contributed by atoms with E-state index in [1.54, 1.807) is 0 Å². The molecule has 0 atom stereocenters. The number of rotatable bonds is 5. The molecule has 1 aromatic rings. The van der Waals surface area contributed by atoms with E-state index in [-0.39, 0.29) is 0 Å². The number of hydrogen-bond acceptors (Lipinski definition) is 4. The largest absolute Gasteiger partial charge is 0.374 e. The molecule has 0 saturated carbocycles. The Kier molecular flexibility index (Phi) is 4.98. The van der Waals surface area contributed by atoms with E-state index in [1.807, 2.05) is 14.0 Å². The van der Waals surface area contributed by atoms with Crippen LogP contribution in [-0.4, -0.2) is 23.6 Å². The van der Waals surface area contributed by atoms with E-state index < -0.39 is 0 Å². The van der Waals surface area contributed by atoms with Crippen molar-refractivity contribution in [1.29, 1.82) is 0 Å². The van der Waals surface area contributed by atoms with Gasteiger partial charge in [-0.05, 0) is 29.3 Å². The van der Waals surface area contributed by atoms with Crippen LogP contribution in [0.5, 0.6) is 0 Å². The van der Waals surface area contributed by atoms with Crippen LogP contribution in [0.3, 0.4) is 0 Å². The van der Waals surface area contributed by atoms with Gasteiger partial charge in [0.15, 0.2) is 5.82 Å². The summed E-state index contributed by atoms with van der Waals surface area (Å²) in [7, 11) is 1.84. The lowest BCUT2D eigenvalue weighted by Gasteiger charge is -2.09. The number of nitrogens with one attached hydrogen (secondary N) is 1. The number of anilines is 1. The number of ether oxygens (including phenoxy) is 1. The van der Waals surface area contributed by atoms with Gasteiger partial charge in [-0.15, -0.1) is 0 Å². The molecule has 84 valence electrons. The Hall–Kier alpha value is -0.680. The summed E-state index contributed by atoms with van der Waals surface area (Å²) in [6, 6.07) is 0. The first-order valence-electron chi connectivity index (χ1n) is 5.03. The second-order valence-corrected chi connectivity index (χ2v) is 3.78. The van der Waals surface area contributed by atoms with E-state index in [0.717, 1.165) is 28.2 Å². The summed E-state index contributed by atoms with van der Waals surface area (Å²) in [4.78, 5) is 8.76. The number of halogens is 1. The molecule has 1 aromatic heterocycles. The third-order valence-corrected chi connectivity index (χ3v) is 2.81. The van der Waals surface area contributed by atoms with Crippen molar-refractivity contribution < 1.29 is 4.74 Å². The van der Waals surface area contributed by atoms with Gasteiger partial charge in [-0.25, -0.2) is 9.97 Å². The summed E-state index contributed by atoms with van der Waals surface area (Å²) in [5, 5.41) is 3.03. The molecule has 5 heteroatoms. The van der Waals surface area contributed by atoms with Crippen LogP contribution >= 0.6 is 15.9 Å². The fourth-order valence-electron chi connectivity index (χ4n) is 1.20. The summed E-state index contributed by atoms with van der Waals surface area (Å²) < 4.78 is 6.23. The predicted octanol–water partition coefficient (Wildman–Crippen LogP) is 2.38. The van der Waals surface area contributed by atoms with Gasteiger partial charge in [0.2, 0.25) is 0 Å². The highest BCUT2D eigenvalue weighted by Gasteiger charge is 2.09. The normalized spacial score (nSPS) is 10.4. The van der Waals surface area contributed by atoms with Gasteiger partial charge in [0.25, 0.3) is 0 Å². The van der Waals surface area contributed by atoms with Crippen LogP contribution in [-0.2, 0) is 17.8 Å². The smallest absolute Gasteiger partial charge is 0.156 e. The molecule has 1 rings (SSSR count). The molecule has 4 nitrogen and oxygen atoms in total. The summed E-state index contributed by atoms with van der Waals surface area (Å²) in [6.07, 6.45) is 0.872. The average molecular weight is 274 g/mol. The average Bonchev–Trinajstić information content (AvgIpc) is 2.27. The molecule has 0 saturated heterocycles. The first-order chi connectivity index (χ1) is 7.22. The molecule has 0 aliphatic heterocycles. The first kappa shape index (κ1) is 12.4. The molecule has 0 aliphatic rings. The monoisotopic (exact) mass is 273 g/mol. The highest BCUT2D eigenvalue weighted by molar-refractivity contribution is 9.10. The van der Waals surface area contributed by atoms with Gasteiger partial charge in [0.1, 0.15) is 12.4 Å². The van der Waals surface area contributed by atoms with Crippen LogP contribution in [0.15, 0.2) is 4.47 Å². The van der Waals surface area contributed by atoms with E-state index in [1.165, 1.54) is 0 Å². The topological polar surface area (TPSA) is 47.0 Å². The fourth-order valence-corrected chi connectivity index (χ4v) is 1.86. The molecular weight excluding hydrogens is 258 g/mol. The van der Waals surface area contributed by atoms with Gasteiger partial charge in [-0.2, -0.15) is 0 Å². The molecule has 0 spiro atoms. The zero-order valence-electron chi connectivity index (χ0n) is 9.30. The van der Waals surface area contributed by atoms with Crippen LogP contribution in [0.4, 0.5) is 5.82 Å². The second kappa shape index (κ2) is 6.02. The van der Waals surface area contributed by atoms with Crippen LogP contribution < -0.4 is 5.32 Å². The zero-order valence-corrected chi connectivity index (χ0v) is 10.9. The van der Waals surface area contributed by atoms with Crippen molar-refractivity contribution in [2.45, 2.75) is 26.9 Å². The van der Waals surface area contributed by atoms with E-state index in [4.69, 9.17) is 4.74 Å². The van der Waals surface area contributed by atoms with E-state index in [2.05, 4.69) is 38.1 Å². The maximum Gasteiger partial charge on any atom is 0.156 e. The Bertz CT molecular complexity index is 305. The molecule has 0 fully saturated rings. The molecule has 0 aromatic carbocycles. The Morgan fingerprint density at radius 2 is 2.07 bits per heavy atom. The SMILES string of the molecule is CCOCc1nc(CC)c(Br)c(NC)n1. The van der Waals surface area contributed by atoms with Gasteiger partial charge in [0, 0.05) is 13.7 Å². The van der Waals surface area contributed by atoms with Gasteiger partial charge >= 0.3 is 0 Å². The molecule has 0 amide bonds. The van der Waals surface area contributed by atoms with Crippen molar-refractivity contribution in [3.8, 4) is 0 Å². The molecule has 0 aliphatic carbocycles. The molecular formula is C10H16BrN3O. The lowest BCUT2D eigenvalue weighted by Crippen LogP contribution is -2.06. The highest BCUT2D eigenvalue weighted by Crippen LogP contribution is 2.23. The molecule has 1 heterocycles. The van der Waals surface area contributed by atoms with Gasteiger partial charge in [-0.1, -0.05) is 6.92 Å². The fraction of sp³-hybridized carbons (Fsp3) is 0.600. The predicted molar refractivity (Wildman–Crippen MR) is 64.0 cm³/mol. The van der Waals surface area contributed by atoms with Gasteiger partial charge in [-0.3, -0.25) is 0 Å². The summed E-state index contributed by atoms with van der Waals surface area (Å²) in [6.45, 7) is 5.16. The molecule has 0 radical (unpaired) electrons. The Morgan fingerprint density at radius 1 is 1.33 bits per heavy atom. The van der Waals surface area contributed by atoms with E-state index >= 15 is 0 Å². The highest BCUT2D eigenvalue weighted by atomic mass is 79.9. The summed E-state index contributed by atoms with van der Waals surface area (Å²) in [5.74, 6) is 1.54. The lowest BCUT2D eigenvalue weighted by molar-refractivity contribution is 0.128. The van der Waals surface area contributed by atoms with Crippen LogP contribution in [0.2, 0.25) is 0 Å². The van der Waals surface area contributed by atoms with Crippen LogP contribution in [0, 0.1) is 0 Å². The van der Waals surface area contributed by atoms with E-state index in [0.29, 0.717) is 13.2 Å². The number of nitrogens with zero attached hydrogens (tertiary/aromatic N) is 2. The summed E-state index contributed by atoms with van der Waals surface area (Å²) >= 11 is 3.48. The third-order valence-electron chi connectivity index (χ3n) is 1.97. The van der Waals surface area contributed by atoms with Gasteiger partial charge < -0.3 is 10.1 Å². The molecule has 1 N–H and O–H groups in total. The van der Waals surface area contributed by atoms with Crippen molar-refractivity contribution in [3.63, 3.8) is 0 Å². The Labute approximate surface area is 98.6 Å². The maximum atomic E-state index is 5.29. The maximum absolute atomic E-state index is 5.29. The van der Waals surface area contributed by atoms with Crippen molar-refractivity contribution in [2.75, 3.05) is 19.0 Å². The number of aromatic nitrogens is 2. The van der Waals surface area contributed by atoms with Crippen molar-refractivity contribution in [3.05, 3.63) is 16.0 Å². The van der Waals surface area contributed by atoms with E-state index in [9.17, 15) is 0 Å². The molecule has 15 heavy (non-hydrogen) atoms. The van der Waals surface area contributed by atoms with Crippen molar-refractivity contribution in [1.82, 2.24) is 9.97 Å². The third kappa shape index (κ3) is 3.14. The quantitative estimate of drug-likeness (QED) is 0.895. The standard InChI is InChI=1S/C10H16BrN3O/c1-4-7-9(11)10(12-3)14-8(13-7)6-15-5-2/h4-6H2,1-3H3,(H,12,13,14). The number of aryl methyl sites for hydroxylation is 1. The van der Waals surface area contributed by atoms with Gasteiger partial charge in [0.05, 0.1) is 10.2 Å². The molecule has 0 bridgehead atoms. The zero-order chi connectivity index (χ0) is 11.3. The lowest BCUT2D eigenvalue weighted by atomic mass is 10.3. The minimum absolute atomic E-state index is 0.464.